The van der Waals surface area contributed by atoms with Gasteiger partial charge in [0.25, 0.3) is 0 Å². The Morgan fingerprint density at radius 1 is 0.444 bits per heavy atom. The van der Waals surface area contributed by atoms with Crippen molar-refractivity contribution in [3.63, 3.8) is 0 Å². The van der Waals surface area contributed by atoms with Crippen molar-refractivity contribution in [1.29, 1.82) is 0 Å². The Kier molecular flexibility index (Phi) is 9.20. The number of para-hydroxylation sites is 2. The molecular formula is C60H42N2S. The molecule has 12 rings (SSSR count). The molecule has 0 aliphatic heterocycles. The van der Waals surface area contributed by atoms with Gasteiger partial charge < -0.3 is 9.88 Å². The maximum absolute atomic E-state index is 3.77. The molecule has 11 aromatic rings. The zero-order valence-electron chi connectivity index (χ0n) is 34.6. The van der Waals surface area contributed by atoms with Crippen LogP contribution in [0.25, 0.3) is 86.6 Å². The second-order valence-corrected chi connectivity index (χ2v) is 17.6. The first kappa shape index (κ1) is 37.1. The van der Waals surface area contributed by atoms with Crippen molar-refractivity contribution in [3.8, 4) is 39.1 Å². The average Bonchev–Trinajstić information content (AvgIpc) is 3.90. The molecule has 1 aliphatic carbocycles. The van der Waals surface area contributed by atoms with Crippen molar-refractivity contribution in [1.82, 2.24) is 4.57 Å². The molecule has 0 saturated heterocycles. The first-order valence-electron chi connectivity index (χ1n) is 21.8. The molecular weight excluding hydrogens is 781 g/mol. The number of rotatable bonds is 8. The van der Waals surface area contributed by atoms with Crippen molar-refractivity contribution in [2.45, 2.75) is 12.3 Å². The summed E-state index contributed by atoms with van der Waals surface area (Å²) in [6.45, 7) is 0. The summed E-state index contributed by atoms with van der Waals surface area (Å²) in [6.07, 6.45) is 8.05. The lowest BCUT2D eigenvalue weighted by molar-refractivity contribution is 0.856. The van der Waals surface area contributed by atoms with E-state index in [1.807, 2.05) is 11.3 Å². The minimum atomic E-state index is 0.415. The molecule has 1 aliphatic rings. The molecule has 1 atom stereocenters. The Balaban J connectivity index is 0.838. The van der Waals surface area contributed by atoms with E-state index in [4.69, 9.17) is 0 Å². The fourth-order valence-electron chi connectivity index (χ4n) is 9.56. The lowest BCUT2D eigenvalue weighted by atomic mass is 9.88. The van der Waals surface area contributed by atoms with Gasteiger partial charge in [0.15, 0.2) is 0 Å². The molecule has 0 spiro atoms. The molecule has 2 heterocycles. The summed E-state index contributed by atoms with van der Waals surface area (Å²) < 4.78 is 5.09. The molecule has 2 nitrogen and oxygen atoms in total. The number of anilines is 2. The van der Waals surface area contributed by atoms with Crippen LogP contribution in [0.2, 0.25) is 0 Å². The van der Waals surface area contributed by atoms with Gasteiger partial charge in [-0.25, -0.2) is 0 Å². The number of hydrogen-bond acceptors (Lipinski definition) is 2. The molecule has 3 heteroatoms. The number of hydrogen-bond donors (Lipinski definition) is 1. The van der Waals surface area contributed by atoms with Crippen LogP contribution >= 0.6 is 11.3 Å². The van der Waals surface area contributed by atoms with E-state index in [1.165, 1.54) is 86.5 Å². The summed E-state index contributed by atoms with van der Waals surface area (Å²) in [6, 6.07) is 77.5. The van der Waals surface area contributed by atoms with Crippen LogP contribution < -0.4 is 5.32 Å². The Labute approximate surface area is 371 Å². The monoisotopic (exact) mass is 822 g/mol. The van der Waals surface area contributed by atoms with Gasteiger partial charge in [-0.05, 0) is 112 Å². The topological polar surface area (TPSA) is 17.0 Å². The summed E-state index contributed by atoms with van der Waals surface area (Å²) in [5, 5.41) is 8.92. The Morgan fingerprint density at radius 2 is 1.13 bits per heavy atom. The highest BCUT2D eigenvalue weighted by Crippen LogP contribution is 2.40. The number of benzene rings is 9. The van der Waals surface area contributed by atoms with E-state index in [0.717, 1.165) is 29.0 Å². The van der Waals surface area contributed by atoms with Crippen molar-refractivity contribution in [2.24, 2.45) is 0 Å². The van der Waals surface area contributed by atoms with Gasteiger partial charge in [-0.2, -0.15) is 0 Å². The highest BCUT2D eigenvalue weighted by Gasteiger charge is 2.17. The molecule has 0 bridgehead atoms. The zero-order valence-corrected chi connectivity index (χ0v) is 35.4. The molecule has 1 unspecified atom stereocenters. The highest BCUT2D eigenvalue weighted by molar-refractivity contribution is 7.25. The fourth-order valence-corrected chi connectivity index (χ4v) is 10.6. The van der Waals surface area contributed by atoms with Crippen LogP contribution in [-0.2, 0) is 0 Å². The SMILES string of the molecule is C1=CC(c2ccccc2)CC=C1c1cccc(-n2c3ccccc3c3ccc(-c4ccc(-c5ccccc5Nc5cccc(-c6ccc7sc8ccccc8c7c6)c5)cc4)cc32)c1. The predicted octanol–water partition coefficient (Wildman–Crippen LogP) is 17.0. The summed E-state index contributed by atoms with van der Waals surface area (Å²) in [5.41, 5.74) is 16.7. The summed E-state index contributed by atoms with van der Waals surface area (Å²) in [5.74, 6) is 0.415. The second-order valence-electron chi connectivity index (χ2n) is 16.5. The maximum atomic E-state index is 3.77. The number of allylic oxidation sites excluding steroid dienone is 4. The molecule has 0 saturated carbocycles. The van der Waals surface area contributed by atoms with Crippen molar-refractivity contribution in [2.75, 3.05) is 5.32 Å². The van der Waals surface area contributed by atoms with Gasteiger partial charge in [-0.3, -0.25) is 0 Å². The Bertz CT molecular complexity index is 3570. The summed E-state index contributed by atoms with van der Waals surface area (Å²) in [7, 11) is 0. The van der Waals surface area contributed by atoms with E-state index in [2.05, 4.69) is 240 Å². The third-order valence-corrected chi connectivity index (χ3v) is 13.9. The first-order chi connectivity index (χ1) is 31.2. The largest absolute Gasteiger partial charge is 0.355 e. The van der Waals surface area contributed by atoms with Gasteiger partial charge in [0.2, 0.25) is 0 Å². The standard InChI is InChI=1S/C60H42N2S/c1-2-12-40(13-3-1)41-24-26-42(27-25-41)46-15-11-17-50(37-46)62-57-22-8-5-19-52(57)53-34-32-48(39-58(53)62)43-28-30-44(31-29-43)51-18-4-7-21-56(51)61-49-16-10-14-45(36-49)47-33-35-60-55(38-47)54-20-6-9-23-59(54)63-60/h1-24,26-39,41,61H,25H2. The number of fused-ring (bicyclic) bond motifs is 6. The number of nitrogens with zero attached hydrogens (tertiary/aromatic N) is 1. The van der Waals surface area contributed by atoms with Gasteiger partial charge in [0.1, 0.15) is 0 Å². The average molecular weight is 823 g/mol. The van der Waals surface area contributed by atoms with Crippen molar-refractivity contribution >= 4 is 70.3 Å². The minimum Gasteiger partial charge on any atom is -0.355 e. The van der Waals surface area contributed by atoms with E-state index in [-0.39, 0.29) is 0 Å². The molecule has 1 N–H and O–H groups in total. The normalized spacial score (nSPS) is 13.8. The lowest BCUT2D eigenvalue weighted by Gasteiger charge is -2.17. The van der Waals surface area contributed by atoms with E-state index in [0.29, 0.717) is 5.92 Å². The number of aromatic nitrogens is 1. The molecule has 0 radical (unpaired) electrons. The van der Waals surface area contributed by atoms with Crippen LogP contribution in [0, 0.1) is 0 Å². The van der Waals surface area contributed by atoms with Gasteiger partial charge in [-0.1, -0.05) is 170 Å². The third-order valence-electron chi connectivity index (χ3n) is 12.7. The predicted molar refractivity (Wildman–Crippen MR) is 271 cm³/mol. The Morgan fingerprint density at radius 3 is 2.02 bits per heavy atom. The lowest BCUT2D eigenvalue weighted by Crippen LogP contribution is -1.99. The smallest absolute Gasteiger partial charge is 0.0547 e. The van der Waals surface area contributed by atoms with Gasteiger partial charge in [0.05, 0.1) is 11.0 Å². The highest BCUT2D eigenvalue weighted by atomic mass is 32.1. The molecule has 2 aromatic heterocycles. The van der Waals surface area contributed by atoms with E-state index >= 15 is 0 Å². The van der Waals surface area contributed by atoms with E-state index in [1.54, 1.807) is 0 Å². The fraction of sp³-hybridized carbons (Fsp3) is 0.0333. The van der Waals surface area contributed by atoms with Crippen LogP contribution in [-0.4, -0.2) is 4.57 Å². The van der Waals surface area contributed by atoms with Crippen LogP contribution in [0.1, 0.15) is 23.5 Å². The van der Waals surface area contributed by atoms with E-state index in [9.17, 15) is 0 Å². The molecule has 63 heavy (non-hydrogen) atoms. The zero-order chi connectivity index (χ0) is 41.7. The van der Waals surface area contributed by atoms with E-state index < -0.39 is 0 Å². The first-order valence-corrected chi connectivity index (χ1v) is 22.6. The quantitative estimate of drug-likeness (QED) is 0.162. The van der Waals surface area contributed by atoms with Gasteiger partial charge in [0, 0.05) is 59.5 Å². The van der Waals surface area contributed by atoms with Crippen LogP contribution in [0.3, 0.4) is 0 Å². The van der Waals surface area contributed by atoms with Gasteiger partial charge >= 0.3 is 0 Å². The molecule has 0 fully saturated rings. The number of nitrogens with one attached hydrogen (secondary N) is 1. The van der Waals surface area contributed by atoms with Crippen LogP contribution in [0.4, 0.5) is 11.4 Å². The molecule has 9 aromatic carbocycles. The van der Waals surface area contributed by atoms with Gasteiger partial charge in [-0.15, -0.1) is 11.3 Å². The third kappa shape index (κ3) is 6.84. The van der Waals surface area contributed by atoms with Crippen molar-refractivity contribution < 1.29 is 0 Å². The van der Waals surface area contributed by atoms with Crippen LogP contribution in [0.15, 0.2) is 231 Å². The van der Waals surface area contributed by atoms with Crippen LogP contribution in [0.5, 0.6) is 0 Å². The minimum absolute atomic E-state index is 0.415. The number of thiophene rings is 1. The second kappa shape index (κ2) is 15.6. The molecule has 298 valence electrons. The Hall–Kier alpha value is -7.72. The van der Waals surface area contributed by atoms with Crippen molar-refractivity contribution in [3.05, 3.63) is 242 Å². The summed E-state index contributed by atoms with van der Waals surface area (Å²) in [4.78, 5) is 0. The molecule has 0 amide bonds. The summed E-state index contributed by atoms with van der Waals surface area (Å²) >= 11 is 1.86. The maximum Gasteiger partial charge on any atom is 0.0547 e.